The van der Waals surface area contributed by atoms with E-state index in [9.17, 15) is 0 Å². The minimum atomic E-state index is 0.567. The van der Waals surface area contributed by atoms with Gasteiger partial charge in [0.05, 0.1) is 6.26 Å². The summed E-state index contributed by atoms with van der Waals surface area (Å²) in [6.07, 6.45) is 1.72. The molecule has 0 aromatic carbocycles. The standard InChI is InChI=1S/C12H21NO2/c1-4-13-7-11-5-6-15-12(11)9-14-8-10(2)3/h5-6,10,13H,4,7-9H2,1-3H3. The summed E-state index contributed by atoms with van der Waals surface area (Å²) in [5.41, 5.74) is 1.20. The van der Waals surface area contributed by atoms with E-state index < -0.39 is 0 Å². The van der Waals surface area contributed by atoms with Gasteiger partial charge < -0.3 is 14.5 Å². The Labute approximate surface area is 91.8 Å². The van der Waals surface area contributed by atoms with Crippen molar-refractivity contribution in [1.82, 2.24) is 5.32 Å². The van der Waals surface area contributed by atoms with Crippen LogP contribution in [-0.4, -0.2) is 13.2 Å². The van der Waals surface area contributed by atoms with Crippen molar-refractivity contribution in [2.24, 2.45) is 5.92 Å². The first-order valence-corrected chi connectivity index (χ1v) is 5.57. The third-order valence-corrected chi connectivity index (χ3v) is 2.09. The van der Waals surface area contributed by atoms with Crippen LogP contribution in [0.4, 0.5) is 0 Å². The number of hydrogen-bond donors (Lipinski definition) is 1. The Bertz CT molecular complexity index is 268. The first kappa shape index (κ1) is 12.3. The van der Waals surface area contributed by atoms with E-state index >= 15 is 0 Å². The van der Waals surface area contributed by atoms with Crippen molar-refractivity contribution in [3.63, 3.8) is 0 Å². The molecule has 1 rings (SSSR count). The van der Waals surface area contributed by atoms with E-state index in [4.69, 9.17) is 9.15 Å². The highest BCUT2D eigenvalue weighted by Gasteiger charge is 2.06. The Kier molecular flexibility index (Phi) is 5.43. The molecule has 0 spiro atoms. The van der Waals surface area contributed by atoms with Gasteiger partial charge in [0, 0.05) is 18.7 Å². The zero-order valence-corrected chi connectivity index (χ0v) is 9.88. The van der Waals surface area contributed by atoms with Crippen LogP contribution in [0.2, 0.25) is 0 Å². The average molecular weight is 211 g/mol. The molecule has 3 heteroatoms. The Balaban J connectivity index is 2.35. The van der Waals surface area contributed by atoms with Crippen molar-refractivity contribution in [3.8, 4) is 0 Å². The summed E-state index contributed by atoms with van der Waals surface area (Å²) in [4.78, 5) is 0. The van der Waals surface area contributed by atoms with Gasteiger partial charge in [-0.25, -0.2) is 0 Å². The minimum absolute atomic E-state index is 0.567. The molecule has 1 N–H and O–H groups in total. The maximum absolute atomic E-state index is 5.54. The van der Waals surface area contributed by atoms with Gasteiger partial charge in [0.25, 0.3) is 0 Å². The van der Waals surface area contributed by atoms with E-state index in [-0.39, 0.29) is 0 Å². The fraction of sp³-hybridized carbons (Fsp3) is 0.667. The predicted octanol–water partition coefficient (Wildman–Crippen LogP) is 2.56. The van der Waals surface area contributed by atoms with E-state index in [1.165, 1.54) is 5.56 Å². The van der Waals surface area contributed by atoms with E-state index in [1.807, 2.05) is 6.07 Å². The van der Waals surface area contributed by atoms with Crippen LogP contribution < -0.4 is 5.32 Å². The quantitative estimate of drug-likeness (QED) is 0.752. The molecule has 0 fully saturated rings. The molecule has 0 saturated carbocycles. The summed E-state index contributed by atoms with van der Waals surface area (Å²) < 4.78 is 10.9. The van der Waals surface area contributed by atoms with Gasteiger partial charge in [0.1, 0.15) is 12.4 Å². The highest BCUT2D eigenvalue weighted by atomic mass is 16.5. The Hall–Kier alpha value is -0.800. The largest absolute Gasteiger partial charge is 0.467 e. The van der Waals surface area contributed by atoms with E-state index in [0.717, 1.165) is 25.5 Å². The molecule has 0 aliphatic rings. The van der Waals surface area contributed by atoms with Gasteiger partial charge in [-0.05, 0) is 18.5 Å². The van der Waals surface area contributed by atoms with Crippen LogP contribution >= 0.6 is 0 Å². The van der Waals surface area contributed by atoms with Crippen molar-refractivity contribution in [2.75, 3.05) is 13.2 Å². The zero-order valence-electron chi connectivity index (χ0n) is 9.88. The lowest BCUT2D eigenvalue weighted by Crippen LogP contribution is -2.12. The molecule has 0 bridgehead atoms. The van der Waals surface area contributed by atoms with Crippen LogP contribution in [0.25, 0.3) is 0 Å². The van der Waals surface area contributed by atoms with Gasteiger partial charge in [-0.1, -0.05) is 20.8 Å². The van der Waals surface area contributed by atoms with Gasteiger partial charge in [-0.3, -0.25) is 0 Å². The van der Waals surface area contributed by atoms with Gasteiger partial charge in [0.2, 0.25) is 0 Å². The monoisotopic (exact) mass is 211 g/mol. The van der Waals surface area contributed by atoms with E-state index in [2.05, 4.69) is 26.1 Å². The molecule has 0 aliphatic heterocycles. The lowest BCUT2D eigenvalue weighted by molar-refractivity contribution is 0.0838. The fourth-order valence-corrected chi connectivity index (χ4v) is 1.30. The van der Waals surface area contributed by atoms with Crippen LogP contribution in [0.5, 0.6) is 0 Å². The van der Waals surface area contributed by atoms with Crippen molar-refractivity contribution in [1.29, 1.82) is 0 Å². The summed E-state index contributed by atoms with van der Waals surface area (Å²) >= 11 is 0. The summed E-state index contributed by atoms with van der Waals surface area (Å²) in [5, 5.41) is 3.27. The maximum Gasteiger partial charge on any atom is 0.133 e. The van der Waals surface area contributed by atoms with Crippen molar-refractivity contribution in [3.05, 3.63) is 23.7 Å². The molecule has 1 aromatic rings. The molecule has 0 saturated heterocycles. The Morgan fingerprint density at radius 2 is 2.27 bits per heavy atom. The van der Waals surface area contributed by atoms with Crippen LogP contribution in [0.1, 0.15) is 32.1 Å². The lowest BCUT2D eigenvalue weighted by atomic mass is 10.2. The second-order valence-electron chi connectivity index (χ2n) is 4.06. The average Bonchev–Trinajstić information content (AvgIpc) is 2.62. The molecule has 1 aromatic heterocycles. The smallest absolute Gasteiger partial charge is 0.133 e. The molecule has 3 nitrogen and oxygen atoms in total. The van der Waals surface area contributed by atoms with Crippen molar-refractivity contribution in [2.45, 2.75) is 33.9 Å². The molecule has 0 radical (unpaired) electrons. The van der Waals surface area contributed by atoms with Gasteiger partial charge >= 0.3 is 0 Å². The first-order chi connectivity index (χ1) is 7.24. The number of rotatable bonds is 7. The van der Waals surface area contributed by atoms with E-state index in [0.29, 0.717) is 12.5 Å². The first-order valence-electron chi connectivity index (χ1n) is 5.57. The summed E-state index contributed by atoms with van der Waals surface area (Å²) in [5.74, 6) is 1.51. The van der Waals surface area contributed by atoms with Crippen molar-refractivity contribution < 1.29 is 9.15 Å². The summed E-state index contributed by atoms with van der Waals surface area (Å²) in [6.45, 7) is 9.55. The summed E-state index contributed by atoms with van der Waals surface area (Å²) in [7, 11) is 0. The van der Waals surface area contributed by atoms with Gasteiger partial charge in [-0.2, -0.15) is 0 Å². The molecule has 0 unspecified atom stereocenters. The van der Waals surface area contributed by atoms with Crippen LogP contribution in [0, 0.1) is 5.92 Å². The summed E-state index contributed by atoms with van der Waals surface area (Å²) in [6, 6.07) is 2.00. The zero-order chi connectivity index (χ0) is 11.1. The van der Waals surface area contributed by atoms with Gasteiger partial charge in [-0.15, -0.1) is 0 Å². The molecule has 1 heterocycles. The number of nitrogens with one attached hydrogen (secondary N) is 1. The van der Waals surface area contributed by atoms with Gasteiger partial charge in [0.15, 0.2) is 0 Å². The number of furan rings is 1. The van der Waals surface area contributed by atoms with E-state index in [1.54, 1.807) is 6.26 Å². The topological polar surface area (TPSA) is 34.4 Å². The normalized spacial score (nSPS) is 11.2. The van der Waals surface area contributed by atoms with Crippen molar-refractivity contribution >= 4 is 0 Å². The second kappa shape index (κ2) is 6.64. The second-order valence-corrected chi connectivity index (χ2v) is 4.06. The number of hydrogen-bond acceptors (Lipinski definition) is 3. The molecule has 0 aliphatic carbocycles. The molecule has 86 valence electrons. The third-order valence-electron chi connectivity index (χ3n) is 2.09. The SMILES string of the molecule is CCNCc1ccoc1COCC(C)C. The molecule has 0 atom stereocenters. The molecular formula is C12H21NO2. The minimum Gasteiger partial charge on any atom is -0.467 e. The predicted molar refractivity (Wildman–Crippen MR) is 60.6 cm³/mol. The fourth-order valence-electron chi connectivity index (χ4n) is 1.30. The third kappa shape index (κ3) is 4.49. The highest BCUT2D eigenvalue weighted by molar-refractivity contribution is 5.15. The Morgan fingerprint density at radius 3 is 2.93 bits per heavy atom. The molecule has 15 heavy (non-hydrogen) atoms. The highest BCUT2D eigenvalue weighted by Crippen LogP contribution is 2.12. The lowest BCUT2D eigenvalue weighted by Gasteiger charge is -2.06. The van der Waals surface area contributed by atoms with Crippen LogP contribution in [-0.2, 0) is 17.9 Å². The molecule has 0 amide bonds. The van der Waals surface area contributed by atoms with Crippen LogP contribution in [0.15, 0.2) is 16.7 Å². The Morgan fingerprint density at radius 1 is 1.47 bits per heavy atom. The maximum atomic E-state index is 5.54. The molecular weight excluding hydrogens is 190 g/mol. The van der Waals surface area contributed by atoms with Crippen LogP contribution in [0.3, 0.4) is 0 Å². The number of ether oxygens (including phenoxy) is 1.